The number of amides is 1. The minimum absolute atomic E-state index is 0.287. The van der Waals surface area contributed by atoms with Gasteiger partial charge in [0, 0.05) is 29.2 Å². The van der Waals surface area contributed by atoms with E-state index in [1.165, 1.54) is 18.2 Å². The first-order valence-electron chi connectivity index (χ1n) is 7.41. The molecule has 0 bridgehead atoms. The van der Waals surface area contributed by atoms with Crippen LogP contribution in [0.4, 0.5) is 4.39 Å². The van der Waals surface area contributed by atoms with Gasteiger partial charge >= 0.3 is 0 Å². The van der Waals surface area contributed by atoms with Gasteiger partial charge in [-0.05, 0) is 41.8 Å². The molecule has 0 atom stereocenters. The van der Waals surface area contributed by atoms with Gasteiger partial charge in [0.2, 0.25) is 0 Å². The van der Waals surface area contributed by atoms with Gasteiger partial charge in [-0.15, -0.1) is 0 Å². The lowest BCUT2D eigenvalue weighted by molar-refractivity contribution is 0.0951. The molecule has 0 saturated heterocycles. The van der Waals surface area contributed by atoms with E-state index in [1.54, 1.807) is 0 Å². The summed E-state index contributed by atoms with van der Waals surface area (Å²) in [6.45, 7) is 0.0892. The third-order valence-corrected chi connectivity index (χ3v) is 3.84. The molecular weight excluding hydrogens is 295 g/mol. The molecule has 3 rings (SSSR count). The minimum atomic E-state index is -0.468. The van der Waals surface area contributed by atoms with Crippen molar-refractivity contribution in [2.75, 3.05) is 6.54 Å². The zero-order valence-electron chi connectivity index (χ0n) is 12.5. The number of carbonyl (C=O) groups is 1. The molecule has 0 aliphatic rings. The fourth-order valence-electron chi connectivity index (χ4n) is 2.66. The van der Waals surface area contributed by atoms with Crippen LogP contribution in [0.3, 0.4) is 0 Å². The van der Waals surface area contributed by atoms with Crippen LogP contribution >= 0.6 is 0 Å². The molecule has 5 heteroatoms. The Bertz CT molecular complexity index is 842. The zero-order valence-corrected chi connectivity index (χ0v) is 12.5. The normalized spacial score (nSPS) is 10.9. The topological polar surface area (TPSA) is 65.1 Å². The van der Waals surface area contributed by atoms with Crippen molar-refractivity contribution in [2.24, 2.45) is 0 Å². The predicted molar refractivity (Wildman–Crippen MR) is 86.7 cm³/mol. The molecule has 0 aliphatic carbocycles. The lowest BCUT2D eigenvalue weighted by Gasteiger charge is -2.08. The average Bonchev–Trinajstić information content (AvgIpc) is 2.98. The molecule has 0 radical (unpaired) electrons. The smallest absolute Gasteiger partial charge is 0.251 e. The summed E-state index contributed by atoms with van der Waals surface area (Å²) in [5.41, 5.74) is 2.78. The van der Waals surface area contributed by atoms with Crippen LogP contribution in [-0.2, 0) is 13.0 Å². The third-order valence-electron chi connectivity index (χ3n) is 3.84. The standard InChI is InChI=1S/C18H17FN2O2/c19-14-5-6-16(13(9-14)11-22)18(23)20-8-7-12-10-21-17-4-2-1-3-15(12)17/h1-6,9-10,21-22H,7-8,11H2,(H,20,23). The second kappa shape index (κ2) is 6.62. The van der Waals surface area contributed by atoms with E-state index < -0.39 is 5.82 Å². The molecule has 0 saturated carbocycles. The summed E-state index contributed by atoms with van der Waals surface area (Å²) in [6, 6.07) is 11.8. The number of nitrogens with one attached hydrogen (secondary N) is 2. The van der Waals surface area contributed by atoms with Gasteiger partial charge in [-0.3, -0.25) is 4.79 Å². The maximum Gasteiger partial charge on any atom is 0.251 e. The second-order valence-corrected chi connectivity index (χ2v) is 5.32. The number of aromatic nitrogens is 1. The van der Waals surface area contributed by atoms with Crippen LogP contribution in [0.5, 0.6) is 0 Å². The number of aromatic amines is 1. The highest BCUT2D eigenvalue weighted by Gasteiger charge is 2.12. The average molecular weight is 312 g/mol. The molecule has 0 aliphatic heterocycles. The van der Waals surface area contributed by atoms with Crippen LogP contribution in [0.25, 0.3) is 10.9 Å². The van der Waals surface area contributed by atoms with Crippen LogP contribution in [0, 0.1) is 5.82 Å². The predicted octanol–water partition coefficient (Wildman–Crippen LogP) is 2.77. The molecule has 1 aromatic heterocycles. The number of fused-ring (bicyclic) bond motifs is 1. The summed E-state index contributed by atoms with van der Waals surface area (Å²) < 4.78 is 13.1. The Balaban J connectivity index is 1.66. The number of H-pyrrole nitrogens is 1. The van der Waals surface area contributed by atoms with E-state index in [-0.39, 0.29) is 18.1 Å². The molecule has 0 unspecified atom stereocenters. The SMILES string of the molecule is O=C(NCCc1c[nH]c2ccccc12)c1ccc(F)cc1CO. The summed E-state index contributed by atoms with van der Waals surface area (Å²) in [5.74, 6) is -0.779. The molecule has 1 heterocycles. The molecule has 23 heavy (non-hydrogen) atoms. The molecule has 2 aromatic carbocycles. The van der Waals surface area contributed by atoms with Gasteiger partial charge < -0.3 is 15.4 Å². The Hall–Kier alpha value is -2.66. The first-order valence-corrected chi connectivity index (χ1v) is 7.41. The second-order valence-electron chi connectivity index (χ2n) is 5.32. The maximum atomic E-state index is 13.1. The molecule has 0 spiro atoms. The molecule has 3 aromatic rings. The summed E-state index contributed by atoms with van der Waals surface area (Å²) in [5, 5.41) is 13.2. The highest BCUT2D eigenvalue weighted by molar-refractivity contribution is 5.95. The van der Waals surface area contributed by atoms with Gasteiger partial charge in [0.05, 0.1) is 6.61 Å². The Morgan fingerprint density at radius 2 is 2.00 bits per heavy atom. The first-order chi connectivity index (χ1) is 11.2. The van der Waals surface area contributed by atoms with Crippen molar-refractivity contribution in [3.63, 3.8) is 0 Å². The quantitative estimate of drug-likeness (QED) is 0.678. The maximum absolute atomic E-state index is 13.1. The fourth-order valence-corrected chi connectivity index (χ4v) is 2.66. The Morgan fingerprint density at radius 1 is 1.17 bits per heavy atom. The number of carbonyl (C=O) groups excluding carboxylic acids is 1. The first kappa shape index (κ1) is 15.2. The molecule has 118 valence electrons. The number of aliphatic hydroxyl groups is 1. The Kier molecular flexibility index (Phi) is 4.39. The van der Waals surface area contributed by atoms with Crippen molar-refractivity contribution >= 4 is 16.8 Å². The van der Waals surface area contributed by atoms with Gasteiger partial charge in [-0.1, -0.05) is 18.2 Å². The van der Waals surface area contributed by atoms with Crippen LogP contribution in [0.2, 0.25) is 0 Å². The van der Waals surface area contributed by atoms with Crippen molar-refractivity contribution in [2.45, 2.75) is 13.0 Å². The number of benzene rings is 2. The summed E-state index contributed by atoms with van der Waals surface area (Å²) >= 11 is 0. The molecule has 1 amide bonds. The number of halogens is 1. The summed E-state index contributed by atoms with van der Waals surface area (Å²) in [6.07, 6.45) is 2.62. The van der Waals surface area contributed by atoms with E-state index in [2.05, 4.69) is 10.3 Å². The lowest BCUT2D eigenvalue weighted by Crippen LogP contribution is -2.26. The van der Waals surface area contributed by atoms with Gasteiger partial charge in [0.25, 0.3) is 5.91 Å². The van der Waals surface area contributed by atoms with E-state index in [0.717, 1.165) is 16.5 Å². The summed E-state index contributed by atoms with van der Waals surface area (Å²) in [7, 11) is 0. The third kappa shape index (κ3) is 3.24. The van der Waals surface area contributed by atoms with Crippen LogP contribution in [0.15, 0.2) is 48.7 Å². The van der Waals surface area contributed by atoms with E-state index >= 15 is 0 Å². The van der Waals surface area contributed by atoms with Gasteiger partial charge in [0.15, 0.2) is 0 Å². The van der Waals surface area contributed by atoms with Crippen molar-refractivity contribution in [3.8, 4) is 0 Å². The number of hydrogen-bond donors (Lipinski definition) is 3. The van der Waals surface area contributed by atoms with Crippen LogP contribution in [0.1, 0.15) is 21.5 Å². The number of para-hydroxylation sites is 1. The van der Waals surface area contributed by atoms with Crippen LogP contribution < -0.4 is 5.32 Å². The van der Waals surface area contributed by atoms with Crippen molar-refractivity contribution in [1.82, 2.24) is 10.3 Å². The van der Waals surface area contributed by atoms with E-state index in [4.69, 9.17) is 0 Å². The largest absolute Gasteiger partial charge is 0.392 e. The zero-order chi connectivity index (χ0) is 16.2. The van der Waals surface area contributed by atoms with Gasteiger partial charge in [-0.25, -0.2) is 4.39 Å². The molecular formula is C18H17FN2O2. The Morgan fingerprint density at radius 3 is 2.83 bits per heavy atom. The van der Waals surface area contributed by atoms with E-state index in [9.17, 15) is 14.3 Å². The molecule has 0 fully saturated rings. The summed E-state index contributed by atoms with van der Waals surface area (Å²) in [4.78, 5) is 15.4. The minimum Gasteiger partial charge on any atom is -0.392 e. The van der Waals surface area contributed by atoms with E-state index in [0.29, 0.717) is 18.5 Å². The van der Waals surface area contributed by atoms with E-state index in [1.807, 2.05) is 30.5 Å². The highest BCUT2D eigenvalue weighted by atomic mass is 19.1. The van der Waals surface area contributed by atoms with Crippen molar-refractivity contribution < 1.29 is 14.3 Å². The van der Waals surface area contributed by atoms with Crippen LogP contribution in [-0.4, -0.2) is 22.5 Å². The number of aliphatic hydroxyl groups excluding tert-OH is 1. The van der Waals surface area contributed by atoms with Crippen molar-refractivity contribution in [1.29, 1.82) is 0 Å². The lowest BCUT2D eigenvalue weighted by atomic mass is 10.1. The Labute approximate surface area is 133 Å². The number of hydrogen-bond acceptors (Lipinski definition) is 2. The monoisotopic (exact) mass is 312 g/mol. The van der Waals surface area contributed by atoms with Gasteiger partial charge in [0.1, 0.15) is 5.82 Å². The number of rotatable bonds is 5. The molecule has 4 nitrogen and oxygen atoms in total. The molecule has 3 N–H and O–H groups in total. The highest BCUT2D eigenvalue weighted by Crippen LogP contribution is 2.18. The van der Waals surface area contributed by atoms with Crippen molar-refractivity contribution in [3.05, 3.63) is 71.2 Å². The van der Waals surface area contributed by atoms with Gasteiger partial charge in [-0.2, -0.15) is 0 Å². The fraction of sp³-hybridized carbons (Fsp3) is 0.167.